The fourth-order valence-corrected chi connectivity index (χ4v) is 4.94. The molecule has 0 saturated carbocycles. The largest absolute Gasteiger partial charge is 0.361 e. The van der Waals surface area contributed by atoms with Crippen molar-refractivity contribution in [3.63, 3.8) is 0 Å². The van der Waals surface area contributed by atoms with Gasteiger partial charge in [-0.25, -0.2) is 0 Å². The average molecular weight is 424 g/mol. The average Bonchev–Trinajstić information content (AvgIpc) is 3.50. The van der Waals surface area contributed by atoms with Gasteiger partial charge in [0.2, 0.25) is 11.8 Å². The summed E-state index contributed by atoms with van der Waals surface area (Å²) in [7, 11) is 0. The van der Waals surface area contributed by atoms with Gasteiger partial charge in [0.15, 0.2) is 0 Å². The molecule has 6 nitrogen and oxygen atoms in total. The maximum Gasteiger partial charge on any atom is 0.246 e. The lowest BCUT2D eigenvalue weighted by atomic mass is 9.88. The summed E-state index contributed by atoms with van der Waals surface area (Å²) in [6.45, 7) is 4.05. The van der Waals surface area contributed by atoms with Crippen LogP contribution in [0.1, 0.15) is 43.4 Å². The van der Waals surface area contributed by atoms with E-state index in [1.54, 1.807) is 16.2 Å². The Kier molecular flexibility index (Phi) is 5.72. The molecule has 1 aliphatic heterocycles. The van der Waals surface area contributed by atoms with Crippen molar-refractivity contribution >= 4 is 23.2 Å². The number of likely N-dealkylation sites (tertiary alicyclic amines) is 1. The molecule has 2 amide bonds. The predicted octanol–water partition coefficient (Wildman–Crippen LogP) is 4.20. The first-order chi connectivity index (χ1) is 14.5. The van der Waals surface area contributed by atoms with Gasteiger partial charge in [-0.05, 0) is 31.2 Å². The highest BCUT2D eigenvalue weighted by Crippen LogP contribution is 2.35. The van der Waals surface area contributed by atoms with Crippen LogP contribution in [0.25, 0.3) is 11.3 Å². The number of nitrogens with zero attached hydrogens (tertiary/aromatic N) is 2. The fourth-order valence-electron chi connectivity index (χ4n) is 4.21. The maximum atomic E-state index is 13.5. The number of thiophene rings is 1. The lowest BCUT2D eigenvalue weighted by Gasteiger charge is -2.36. The number of rotatable bonds is 6. The first kappa shape index (κ1) is 20.3. The van der Waals surface area contributed by atoms with E-state index in [1.807, 2.05) is 60.8 Å². The van der Waals surface area contributed by atoms with Gasteiger partial charge < -0.3 is 14.7 Å². The Labute approximate surface area is 179 Å². The first-order valence-corrected chi connectivity index (χ1v) is 11.0. The van der Waals surface area contributed by atoms with Crippen LogP contribution in [0.3, 0.4) is 0 Å². The topological polar surface area (TPSA) is 75.4 Å². The molecule has 2 aromatic heterocycles. The summed E-state index contributed by atoms with van der Waals surface area (Å²) in [5, 5.41) is 9.30. The molecule has 1 aromatic carbocycles. The summed E-state index contributed by atoms with van der Waals surface area (Å²) in [5.74, 6) is 0.351. The quantitative estimate of drug-likeness (QED) is 0.645. The number of amides is 2. The molecule has 0 spiro atoms. The van der Waals surface area contributed by atoms with Crippen molar-refractivity contribution < 1.29 is 14.1 Å². The van der Waals surface area contributed by atoms with Gasteiger partial charge in [0, 0.05) is 36.4 Å². The van der Waals surface area contributed by atoms with Crippen LogP contribution in [0.15, 0.2) is 58.4 Å². The summed E-state index contributed by atoms with van der Waals surface area (Å²) in [6, 6.07) is 15.5. The minimum absolute atomic E-state index is 0.103. The Bertz CT molecular complexity index is 1020. The molecule has 2 atom stereocenters. The van der Waals surface area contributed by atoms with E-state index in [9.17, 15) is 9.59 Å². The maximum absolute atomic E-state index is 13.5. The first-order valence-electron chi connectivity index (χ1n) is 10.1. The van der Waals surface area contributed by atoms with Crippen LogP contribution in [0, 0.1) is 0 Å². The monoisotopic (exact) mass is 423 g/mol. The second-order valence-corrected chi connectivity index (χ2v) is 8.72. The van der Waals surface area contributed by atoms with E-state index >= 15 is 0 Å². The summed E-state index contributed by atoms with van der Waals surface area (Å²) in [6.07, 6.45) is 1.67. The molecule has 1 aliphatic rings. The molecule has 30 heavy (non-hydrogen) atoms. The molecule has 4 rings (SSSR count). The van der Waals surface area contributed by atoms with Crippen molar-refractivity contribution in [1.82, 2.24) is 15.4 Å². The fraction of sp³-hybridized carbons (Fsp3) is 0.348. The summed E-state index contributed by atoms with van der Waals surface area (Å²) in [4.78, 5) is 28.7. The Morgan fingerprint density at radius 1 is 1.27 bits per heavy atom. The molecular formula is C23H25N3O3S. The zero-order valence-corrected chi connectivity index (χ0v) is 17.9. The zero-order valence-electron chi connectivity index (χ0n) is 17.1. The number of aromatic nitrogens is 1. The van der Waals surface area contributed by atoms with E-state index in [-0.39, 0.29) is 17.9 Å². The van der Waals surface area contributed by atoms with Gasteiger partial charge in [-0.15, -0.1) is 11.3 Å². The van der Waals surface area contributed by atoms with E-state index in [0.29, 0.717) is 25.1 Å². The highest BCUT2D eigenvalue weighted by Gasteiger charge is 2.49. The van der Waals surface area contributed by atoms with E-state index < -0.39 is 5.54 Å². The van der Waals surface area contributed by atoms with Gasteiger partial charge in [-0.1, -0.05) is 41.6 Å². The van der Waals surface area contributed by atoms with Gasteiger partial charge in [0.05, 0.1) is 6.04 Å². The number of carbonyl (C=O) groups is 2. The van der Waals surface area contributed by atoms with E-state index in [1.165, 1.54) is 6.92 Å². The van der Waals surface area contributed by atoms with Gasteiger partial charge >= 0.3 is 0 Å². The smallest absolute Gasteiger partial charge is 0.246 e. The summed E-state index contributed by atoms with van der Waals surface area (Å²) in [5.41, 5.74) is 0.706. The molecule has 1 N–H and O–H groups in total. The van der Waals surface area contributed by atoms with Crippen LogP contribution in [0.4, 0.5) is 0 Å². The Balaban J connectivity index is 1.61. The molecule has 3 aromatic rings. The van der Waals surface area contributed by atoms with Gasteiger partial charge in [0.25, 0.3) is 0 Å². The van der Waals surface area contributed by atoms with E-state index in [4.69, 9.17) is 4.52 Å². The highest BCUT2D eigenvalue weighted by atomic mass is 32.1. The second kappa shape index (κ2) is 8.44. The molecule has 156 valence electrons. The number of hydrogen-bond acceptors (Lipinski definition) is 5. The van der Waals surface area contributed by atoms with Crippen LogP contribution in [-0.4, -0.2) is 34.0 Å². The van der Waals surface area contributed by atoms with Crippen molar-refractivity contribution in [1.29, 1.82) is 0 Å². The Morgan fingerprint density at radius 2 is 2.07 bits per heavy atom. The van der Waals surface area contributed by atoms with Crippen molar-refractivity contribution in [2.45, 2.75) is 44.7 Å². The Morgan fingerprint density at radius 3 is 2.77 bits per heavy atom. The molecule has 1 fully saturated rings. The van der Waals surface area contributed by atoms with Crippen LogP contribution >= 0.6 is 11.3 Å². The molecule has 0 radical (unpaired) electrons. The third kappa shape index (κ3) is 3.89. The zero-order chi connectivity index (χ0) is 21.1. The van der Waals surface area contributed by atoms with Crippen molar-refractivity contribution in [3.8, 4) is 11.3 Å². The molecule has 0 bridgehead atoms. The van der Waals surface area contributed by atoms with Crippen LogP contribution in [-0.2, 0) is 16.0 Å². The third-order valence-electron chi connectivity index (χ3n) is 5.70. The van der Waals surface area contributed by atoms with Crippen LogP contribution < -0.4 is 5.32 Å². The number of carbonyl (C=O) groups excluding carboxylic acids is 2. The highest BCUT2D eigenvalue weighted by molar-refractivity contribution is 7.10. The van der Waals surface area contributed by atoms with Crippen molar-refractivity contribution in [2.24, 2.45) is 0 Å². The molecule has 1 saturated heterocycles. The van der Waals surface area contributed by atoms with Gasteiger partial charge in [0.1, 0.15) is 17.0 Å². The van der Waals surface area contributed by atoms with E-state index in [2.05, 4.69) is 10.5 Å². The molecule has 0 aliphatic carbocycles. The second-order valence-electron chi connectivity index (χ2n) is 7.74. The van der Waals surface area contributed by atoms with Gasteiger partial charge in [-0.2, -0.15) is 0 Å². The lowest BCUT2D eigenvalue weighted by Crippen LogP contribution is -2.58. The molecule has 7 heteroatoms. The molecule has 3 heterocycles. The summed E-state index contributed by atoms with van der Waals surface area (Å²) < 4.78 is 5.60. The normalized spacial score (nSPS) is 19.6. The van der Waals surface area contributed by atoms with Crippen molar-refractivity contribution in [3.05, 3.63) is 64.5 Å². The van der Waals surface area contributed by atoms with Crippen LogP contribution in [0.5, 0.6) is 0 Å². The molecular weight excluding hydrogens is 398 g/mol. The third-order valence-corrected chi connectivity index (χ3v) is 6.76. The Hall–Kier alpha value is -2.93. The minimum Gasteiger partial charge on any atom is -0.361 e. The van der Waals surface area contributed by atoms with Gasteiger partial charge in [-0.3, -0.25) is 9.59 Å². The molecule has 0 unspecified atom stereocenters. The standard InChI is InChI=1S/C23H25N3O3S/c1-16(21-10-6-13-30-21)24-22(28)23(11-7-12-26(23)17(2)27)15-19-14-20(25-29-19)18-8-4-3-5-9-18/h3-6,8-10,13-14,16H,7,11-12,15H2,1-2H3,(H,24,28)/t16-,23+/m1/s1. The van der Waals surface area contributed by atoms with Crippen molar-refractivity contribution in [2.75, 3.05) is 6.54 Å². The SMILES string of the molecule is CC(=O)N1CCC[C@]1(Cc1cc(-c2ccccc2)no1)C(=O)N[C@H](C)c1cccs1. The lowest BCUT2D eigenvalue weighted by molar-refractivity contribution is -0.144. The number of nitrogens with one attached hydrogen (secondary N) is 1. The minimum atomic E-state index is -0.967. The van der Waals surface area contributed by atoms with Crippen LogP contribution in [0.2, 0.25) is 0 Å². The predicted molar refractivity (Wildman–Crippen MR) is 116 cm³/mol. The summed E-state index contributed by atoms with van der Waals surface area (Å²) >= 11 is 1.60. The number of hydrogen-bond donors (Lipinski definition) is 1. The van der Waals surface area contributed by atoms with E-state index in [0.717, 1.165) is 22.6 Å². The number of benzene rings is 1.